The van der Waals surface area contributed by atoms with Crippen molar-refractivity contribution in [1.82, 2.24) is 0 Å². The number of carbonyl (C=O) groups is 2. The van der Waals surface area contributed by atoms with E-state index in [1.807, 2.05) is 24.3 Å². The van der Waals surface area contributed by atoms with Crippen LogP contribution in [0, 0.1) is 11.7 Å². The van der Waals surface area contributed by atoms with Gasteiger partial charge in [0.25, 0.3) is 0 Å². The molecule has 3 aromatic carbocycles. The molecule has 0 bridgehead atoms. The van der Waals surface area contributed by atoms with Gasteiger partial charge in [-0.1, -0.05) is 38.1 Å². The maximum absolute atomic E-state index is 13.7. The monoisotopic (exact) mass is 460 g/mol. The largest absolute Gasteiger partial charge is 0.497 e. The molecule has 0 radical (unpaired) electrons. The number of piperidine rings is 1. The first-order valence-corrected chi connectivity index (χ1v) is 11.5. The SMILES string of the molecule is COc1ccc(N2C(=O)CC[C@H](C(=O)Nc3ccc(C(C)C)cc3)[C@@H]2c2ccc(F)cc2)cc1. The first-order valence-electron chi connectivity index (χ1n) is 11.5. The van der Waals surface area contributed by atoms with Gasteiger partial charge >= 0.3 is 0 Å². The van der Waals surface area contributed by atoms with Gasteiger partial charge in [0.15, 0.2) is 0 Å². The molecular weight excluding hydrogens is 431 g/mol. The topological polar surface area (TPSA) is 58.6 Å². The zero-order chi connectivity index (χ0) is 24.2. The molecule has 0 aromatic heterocycles. The first-order chi connectivity index (χ1) is 16.4. The minimum Gasteiger partial charge on any atom is -0.497 e. The Hall–Kier alpha value is -3.67. The summed E-state index contributed by atoms with van der Waals surface area (Å²) in [5.74, 6) is -0.0497. The standard InChI is InChI=1S/C28H29FN2O3/c1-18(2)19-6-10-22(11-7-19)30-28(33)25-16-17-26(32)31(23-12-14-24(34-3)15-13-23)27(25)20-4-8-21(29)9-5-20/h4-15,18,25,27H,16-17H2,1-3H3,(H,30,33)/t25-,27-/m0/s1. The predicted molar refractivity (Wildman–Crippen MR) is 132 cm³/mol. The summed E-state index contributed by atoms with van der Waals surface area (Å²) in [4.78, 5) is 28.2. The van der Waals surface area contributed by atoms with Crippen molar-refractivity contribution >= 4 is 23.2 Å². The van der Waals surface area contributed by atoms with Crippen molar-refractivity contribution in [3.8, 4) is 5.75 Å². The molecule has 0 unspecified atom stereocenters. The number of ether oxygens (including phenoxy) is 1. The number of hydrogen-bond donors (Lipinski definition) is 1. The van der Waals surface area contributed by atoms with Crippen molar-refractivity contribution in [2.24, 2.45) is 5.92 Å². The van der Waals surface area contributed by atoms with Crippen LogP contribution in [0.4, 0.5) is 15.8 Å². The van der Waals surface area contributed by atoms with Crippen molar-refractivity contribution in [2.45, 2.75) is 38.6 Å². The molecule has 4 rings (SSSR count). The molecule has 176 valence electrons. The fraction of sp³-hybridized carbons (Fsp3) is 0.286. The molecule has 34 heavy (non-hydrogen) atoms. The van der Waals surface area contributed by atoms with E-state index in [1.54, 1.807) is 48.4 Å². The molecule has 1 fully saturated rings. The van der Waals surface area contributed by atoms with E-state index in [4.69, 9.17) is 4.74 Å². The average molecular weight is 461 g/mol. The van der Waals surface area contributed by atoms with E-state index in [0.717, 1.165) is 0 Å². The van der Waals surface area contributed by atoms with Crippen LogP contribution in [-0.2, 0) is 9.59 Å². The number of amides is 2. The molecule has 1 aliphatic rings. The van der Waals surface area contributed by atoms with Gasteiger partial charge in [-0.2, -0.15) is 0 Å². The van der Waals surface area contributed by atoms with E-state index in [0.29, 0.717) is 35.0 Å². The number of halogens is 1. The van der Waals surface area contributed by atoms with Crippen LogP contribution in [0.1, 0.15) is 49.8 Å². The molecular formula is C28H29FN2O3. The second kappa shape index (κ2) is 10.1. The van der Waals surface area contributed by atoms with Gasteiger partial charge in [0.2, 0.25) is 11.8 Å². The number of methoxy groups -OCH3 is 1. The van der Waals surface area contributed by atoms with E-state index in [1.165, 1.54) is 17.7 Å². The molecule has 2 atom stereocenters. The van der Waals surface area contributed by atoms with E-state index in [9.17, 15) is 14.0 Å². The maximum atomic E-state index is 13.7. The number of hydrogen-bond acceptors (Lipinski definition) is 3. The highest BCUT2D eigenvalue weighted by atomic mass is 19.1. The van der Waals surface area contributed by atoms with Crippen LogP contribution in [0.25, 0.3) is 0 Å². The van der Waals surface area contributed by atoms with Gasteiger partial charge in [-0.3, -0.25) is 9.59 Å². The number of carbonyl (C=O) groups excluding carboxylic acids is 2. The van der Waals surface area contributed by atoms with Crippen molar-refractivity contribution in [2.75, 3.05) is 17.3 Å². The molecule has 6 heteroatoms. The first kappa shape index (κ1) is 23.5. The van der Waals surface area contributed by atoms with Gasteiger partial charge < -0.3 is 15.0 Å². The van der Waals surface area contributed by atoms with E-state index >= 15 is 0 Å². The van der Waals surface area contributed by atoms with Crippen molar-refractivity contribution in [1.29, 1.82) is 0 Å². The highest BCUT2D eigenvalue weighted by molar-refractivity contribution is 6.00. The Kier molecular flexibility index (Phi) is 6.96. The van der Waals surface area contributed by atoms with Crippen molar-refractivity contribution in [3.05, 3.63) is 89.7 Å². The lowest BCUT2D eigenvalue weighted by molar-refractivity contribution is -0.125. The minimum absolute atomic E-state index is 0.0789. The molecule has 5 nitrogen and oxygen atoms in total. The summed E-state index contributed by atoms with van der Waals surface area (Å²) >= 11 is 0. The van der Waals surface area contributed by atoms with Crippen LogP contribution in [0.3, 0.4) is 0 Å². The fourth-order valence-corrected chi connectivity index (χ4v) is 4.44. The smallest absolute Gasteiger partial charge is 0.229 e. The van der Waals surface area contributed by atoms with Gasteiger partial charge in [-0.05, 0) is 72.0 Å². The van der Waals surface area contributed by atoms with Gasteiger partial charge in [0, 0.05) is 17.8 Å². The van der Waals surface area contributed by atoms with Crippen LogP contribution >= 0.6 is 0 Å². The highest BCUT2D eigenvalue weighted by Gasteiger charge is 2.41. The van der Waals surface area contributed by atoms with E-state index < -0.39 is 12.0 Å². The maximum Gasteiger partial charge on any atom is 0.229 e. The second-order valence-corrected chi connectivity index (χ2v) is 8.87. The zero-order valence-corrected chi connectivity index (χ0v) is 19.6. The van der Waals surface area contributed by atoms with Crippen LogP contribution in [-0.4, -0.2) is 18.9 Å². The Morgan fingerprint density at radius 3 is 2.24 bits per heavy atom. The number of rotatable bonds is 6. The number of anilines is 2. The predicted octanol–water partition coefficient (Wildman–Crippen LogP) is 6.08. The van der Waals surface area contributed by atoms with Gasteiger partial charge in [0.1, 0.15) is 11.6 Å². The van der Waals surface area contributed by atoms with Crippen LogP contribution in [0.15, 0.2) is 72.8 Å². The minimum atomic E-state index is -0.565. The zero-order valence-electron chi connectivity index (χ0n) is 19.6. The Morgan fingerprint density at radius 2 is 1.65 bits per heavy atom. The number of nitrogens with one attached hydrogen (secondary N) is 1. The van der Waals surface area contributed by atoms with Crippen molar-refractivity contribution < 1.29 is 18.7 Å². The van der Waals surface area contributed by atoms with Crippen LogP contribution < -0.4 is 15.0 Å². The Bertz CT molecular complexity index is 1140. The summed E-state index contributed by atoms with van der Waals surface area (Å²) in [6.07, 6.45) is 0.650. The molecule has 1 heterocycles. The molecule has 0 spiro atoms. The third kappa shape index (κ3) is 4.96. The lowest BCUT2D eigenvalue weighted by Crippen LogP contribution is -2.47. The molecule has 2 amide bonds. The molecule has 1 aliphatic heterocycles. The van der Waals surface area contributed by atoms with Gasteiger partial charge in [0.05, 0.1) is 19.1 Å². The summed E-state index contributed by atoms with van der Waals surface area (Å²) < 4.78 is 18.9. The van der Waals surface area contributed by atoms with Gasteiger partial charge in [-0.15, -0.1) is 0 Å². The molecule has 3 aromatic rings. The molecule has 1 N–H and O–H groups in total. The number of benzene rings is 3. The Labute approximate surface area is 199 Å². The second-order valence-electron chi connectivity index (χ2n) is 8.87. The van der Waals surface area contributed by atoms with Crippen molar-refractivity contribution in [3.63, 3.8) is 0 Å². The third-order valence-corrected chi connectivity index (χ3v) is 6.34. The summed E-state index contributed by atoms with van der Waals surface area (Å²) in [5.41, 5.74) is 3.27. The fourth-order valence-electron chi connectivity index (χ4n) is 4.44. The summed E-state index contributed by atoms with van der Waals surface area (Å²) in [6.45, 7) is 4.24. The average Bonchev–Trinajstić information content (AvgIpc) is 2.84. The summed E-state index contributed by atoms with van der Waals surface area (Å²) in [5, 5.41) is 3.02. The molecule has 1 saturated heterocycles. The quantitative estimate of drug-likeness (QED) is 0.485. The molecule has 0 saturated carbocycles. The third-order valence-electron chi connectivity index (χ3n) is 6.34. The lowest BCUT2D eigenvalue weighted by atomic mass is 9.83. The lowest BCUT2D eigenvalue weighted by Gasteiger charge is -2.41. The normalized spacial score (nSPS) is 18.1. The van der Waals surface area contributed by atoms with Crippen LogP contribution in [0.5, 0.6) is 5.75 Å². The number of nitrogens with zero attached hydrogens (tertiary/aromatic N) is 1. The Morgan fingerprint density at radius 1 is 1.00 bits per heavy atom. The highest BCUT2D eigenvalue weighted by Crippen LogP contribution is 2.41. The summed E-state index contributed by atoms with van der Waals surface area (Å²) in [6, 6.07) is 20.4. The Balaban J connectivity index is 1.68. The van der Waals surface area contributed by atoms with Crippen LogP contribution in [0.2, 0.25) is 0 Å². The van der Waals surface area contributed by atoms with E-state index in [-0.39, 0.29) is 24.1 Å². The summed E-state index contributed by atoms with van der Waals surface area (Å²) in [7, 11) is 1.58. The van der Waals surface area contributed by atoms with E-state index in [2.05, 4.69) is 19.2 Å². The van der Waals surface area contributed by atoms with Gasteiger partial charge in [-0.25, -0.2) is 4.39 Å². The molecule has 0 aliphatic carbocycles.